The summed E-state index contributed by atoms with van der Waals surface area (Å²) in [6, 6.07) is 11.0. The number of fused-ring (bicyclic) bond motifs is 1. The number of ether oxygens (including phenoxy) is 1. The fourth-order valence-corrected chi connectivity index (χ4v) is 4.59. The van der Waals surface area contributed by atoms with E-state index in [-0.39, 0.29) is 10.3 Å². The summed E-state index contributed by atoms with van der Waals surface area (Å²) in [5.41, 5.74) is 4.08. The number of hydrogen-bond acceptors (Lipinski definition) is 3. The van der Waals surface area contributed by atoms with Crippen molar-refractivity contribution in [2.24, 2.45) is 0 Å². The summed E-state index contributed by atoms with van der Waals surface area (Å²) in [5.74, 6) is 0.575. The zero-order valence-corrected chi connectivity index (χ0v) is 17.4. The molecule has 1 aliphatic rings. The fraction of sp³-hybridized carbons (Fsp3) is 0.455. The third-order valence-corrected chi connectivity index (χ3v) is 6.57. The van der Waals surface area contributed by atoms with Crippen molar-refractivity contribution in [1.29, 1.82) is 0 Å². The molecule has 0 spiro atoms. The number of aryl methyl sites for hydroxylation is 2. The number of hydrogen-bond donors (Lipinski definition) is 1. The largest absolute Gasteiger partial charge is 0.495 e. The molecule has 0 saturated carbocycles. The van der Waals surface area contributed by atoms with Crippen LogP contribution in [0.25, 0.3) is 0 Å². The molecule has 27 heavy (non-hydrogen) atoms. The van der Waals surface area contributed by atoms with Crippen molar-refractivity contribution in [1.82, 2.24) is 0 Å². The lowest BCUT2D eigenvalue weighted by atomic mass is 9.87. The number of benzene rings is 2. The van der Waals surface area contributed by atoms with Gasteiger partial charge in [0, 0.05) is 0 Å². The molecule has 0 radical (unpaired) electrons. The molecule has 3 rings (SSSR count). The van der Waals surface area contributed by atoms with Crippen LogP contribution in [0, 0.1) is 0 Å². The molecular weight excluding hydrogens is 358 g/mol. The normalized spacial score (nSPS) is 15.0. The highest BCUT2D eigenvalue weighted by Gasteiger charge is 2.20. The Balaban J connectivity index is 1.92. The van der Waals surface area contributed by atoms with Crippen molar-refractivity contribution in [3.63, 3.8) is 0 Å². The van der Waals surface area contributed by atoms with Gasteiger partial charge in [-0.2, -0.15) is 0 Å². The molecule has 1 aliphatic carbocycles. The van der Waals surface area contributed by atoms with Gasteiger partial charge in [0.1, 0.15) is 5.75 Å². The highest BCUT2D eigenvalue weighted by molar-refractivity contribution is 7.92. The zero-order valence-electron chi connectivity index (χ0n) is 16.6. The maximum atomic E-state index is 12.9. The summed E-state index contributed by atoms with van der Waals surface area (Å²) in [4.78, 5) is 0.257. The molecule has 4 nitrogen and oxygen atoms in total. The van der Waals surface area contributed by atoms with Crippen molar-refractivity contribution < 1.29 is 13.2 Å². The molecular formula is C22H29NO3S. The number of anilines is 1. The average molecular weight is 388 g/mol. The van der Waals surface area contributed by atoms with E-state index >= 15 is 0 Å². The molecule has 2 aromatic rings. The highest BCUT2D eigenvalue weighted by Crippen LogP contribution is 2.33. The topological polar surface area (TPSA) is 55.4 Å². The van der Waals surface area contributed by atoms with E-state index in [2.05, 4.69) is 25.5 Å². The van der Waals surface area contributed by atoms with Crippen molar-refractivity contribution in [3.05, 3.63) is 53.1 Å². The predicted octanol–water partition coefficient (Wildman–Crippen LogP) is 5.06. The minimum atomic E-state index is -3.67. The van der Waals surface area contributed by atoms with Crippen LogP contribution in [0.3, 0.4) is 0 Å². The van der Waals surface area contributed by atoms with Gasteiger partial charge in [-0.1, -0.05) is 39.3 Å². The van der Waals surface area contributed by atoms with Crippen LogP contribution >= 0.6 is 0 Å². The Morgan fingerprint density at radius 2 is 1.52 bits per heavy atom. The van der Waals surface area contributed by atoms with E-state index in [0.29, 0.717) is 11.4 Å². The number of rotatable bonds is 4. The number of methoxy groups -OCH3 is 1. The zero-order chi connectivity index (χ0) is 19.7. The molecule has 0 fully saturated rings. The Bertz CT molecular complexity index is 910. The van der Waals surface area contributed by atoms with Gasteiger partial charge in [0.2, 0.25) is 0 Å². The minimum Gasteiger partial charge on any atom is -0.495 e. The molecule has 2 aromatic carbocycles. The Kier molecular flexibility index (Phi) is 5.52. The molecule has 146 valence electrons. The van der Waals surface area contributed by atoms with Crippen molar-refractivity contribution in [2.75, 3.05) is 11.8 Å². The fourth-order valence-electron chi connectivity index (χ4n) is 3.53. The van der Waals surface area contributed by atoms with Crippen LogP contribution in [0.4, 0.5) is 5.69 Å². The molecule has 0 saturated heterocycles. The van der Waals surface area contributed by atoms with Crippen molar-refractivity contribution >= 4 is 15.7 Å². The summed E-state index contributed by atoms with van der Waals surface area (Å²) in [6.07, 6.45) is 5.51. The van der Waals surface area contributed by atoms with Crippen LogP contribution in [-0.4, -0.2) is 15.5 Å². The van der Waals surface area contributed by atoms with Gasteiger partial charge >= 0.3 is 0 Å². The second kappa shape index (κ2) is 7.55. The minimum absolute atomic E-state index is 0.0179. The molecule has 0 heterocycles. The van der Waals surface area contributed by atoms with Crippen LogP contribution in [0.5, 0.6) is 5.75 Å². The van der Waals surface area contributed by atoms with E-state index in [1.807, 2.05) is 24.3 Å². The van der Waals surface area contributed by atoms with Gasteiger partial charge < -0.3 is 4.74 Å². The maximum absolute atomic E-state index is 12.9. The predicted molar refractivity (Wildman–Crippen MR) is 110 cm³/mol. The molecule has 5 heteroatoms. The first-order valence-corrected chi connectivity index (χ1v) is 11.0. The molecule has 0 amide bonds. The van der Waals surface area contributed by atoms with Gasteiger partial charge in [0.15, 0.2) is 0 Å². The van der Waals surface area contributed by atoms with Gasteiger partial charge in [-0.15, -0.1) is 0 Å². The van der Waals surface area contributed by atoms with Gasteiger partial charge in [-0.25, -0.2) is 8.42 Å². The van der Waals surface area contributed by atoms with E-state index in [1.54, 1.807) is 19.2 Å². The summed E-state index contributed by atoms with van der Waals surface area (Å²) in [6.45, 7) is 6.32. The van der Waals surface area contributed by atoms with E-state index in [4.69, 9.17) is 4.74 Å². The van der Waals surface area contributed by atoms with Crippen molar-refractivity contribution in [2.45, 2.75) is 63.2 Å². The molecule has 0 unspecified atom stereocenters. The second-order valence-corrected chi connectivity index (χ2v) is 9.94. The summed E-state index contributed by atoms with van der Waals surface area (Å²) in [7, 11) is -2.10. The summed E-state index contributed by atoms with van der Waals surface area (Å²) >= 11 is 0. The summed E-state index contributed by atoms with van der Waals surface area (Å²) < 4.78 is 34.0. The first-order valence-electron chi connectivity index (χ1n) is 9.54. The average Bonchev–Trinajstić information content (AvgIpc) is 2.85. The smallest absolute Gasteiger partial charge is 0.262 e. The molecule has 1 N–H and O–H groups in total. The molecule has 0 aromatic heterocycles. The Morgan fingerprint density at radius 3 is 2.07 bits per heavy atom. The van der Waals surface area contributed by atoms with Crippen molar-refractivity contribution in [3.8, 4) is 5.75 Å². The first-order chi connectivity index (χ1) is 12.7. The van der Waals surface area contributed by atoms with Gasteiger partial charge in [-0.3, -0.25) is 4.72 Å². The molecule has 0 bridgehead atoms. The third-order valence-electron chi connectivity index (χ3n) is 5.19. The van der Waals surface area contributed by atoms with Gasteiger partial charge in [-0.05, 0) is 72.1 Å². The van der Waals surface area contributed by atoms with Crippen LogP contribution in [-0.2, 0) is 28.3 Å². The van der Waals surface area contributed by atoms with Gasteiger partial charge in [0.05, 0.1) is 17.7 Å². The van der Waals surface area contributed by atoms with E-state index < -0.39 is 10.0 Å². The first kappa shape index (κ1) is 19.7. The SMILES string of the molecule is COc1cc2c(cc1NS(=O)(=O)c1ccc(C(C)(C)C)cc1)CCCCC2. The maximum Gasteiger partial charge on any atom is 0.262 e. The second-order valence-electron chi connectivity index (χ2n) is 8.26. The number of sulfonamides is 1. The molecule has 0 aliphatic heterocycles. The van der Waals surface area contributed by atoms with E-state index in [0.717, 1.165) is 24.8 Å². The lowest BCUT2D eigenvalue weighted by Crippen LogP contribution is -2.15. The quantitative estimate of drug-likeness (QED) is 0.746. The lowest BCUT2D eigenvalue weighted by molar-refractivity contribution is 0.416. The highest BCUT2D eigenvalue weighted by atomic mass is 32.2. The Labute approximate surface area is 163 Å². The van der Waals surface area contributed by atoms with Crippen LogP contribution in [0.15, 0.2) is 41.3 Å². The number of nitrogens with one attached hydrogen (secondary N) is 1. The molecule has 0 atom stereocenters. The third kappa shape index (κ3) is 4.46. The summed E-state index contributed by atoms with van der Waals surface area (Å²) in [5, 5.41) is 0. The van der Waals surface area contributed by atoms with Gasteiger partial charge in [0.25, 0.3) is 10.0 Å². The van der Waals surface area contributed by atoms with Crippen LogP contribution in [0.2, 0.25) is 0 Å². The van der Waals surface area contributed by atoms with E-state index in [9.17, 15) is 8.42 Å². The van der Waals surface area contributed by atoms with E-state index in [1.165, 1.54) is 24.0 Å². The Hall–Kier alpha value is -2.01. The lowest BCUT2D eigenvalue weighted by Gasteiger charge is -2.19. The monoisotopic (exact) mass is 387 g/mol. The standard InChI is InChI=1S/C22H29NO3S/c1-22(2,3)18-10-12-19(13-11-18)27(24,25)23-20-14-16-8-6-5-7-9-17(16)15-21(20)26-4/h10-15,23H,5-9H2,1-4H3. The van der Waals surface area contributed by atoms with Crippen LogP contribution < -0.4 is 9.46 Å². The Morgan fingerprint density at radius 1 is 0.926 bits per heavy atom. The van der Waals surface area contributed by atoms with Crippen LogP contribution in [0.1, 0.15) is 56.7 Å².